The molecular weight excluding hydrogens is 174 g/mol. The molecule has 0 aromatic carbocycles. The van der Waals surface area contributed by atoms with E-state index in [1.165, 1.54) is 0 Å². The lowest BCUT2D eigenvalue weighted by molar-refractivity contribution is 0.898. The van der Waals surface area contributed by atoms with Crippen LogP contribution in [0.4, 0.5) is 0 Å². The Morgan fingerprint density at radius 3 is 3.00 bits per heavy atom. The van der Waals surface area contributed by atoms with E-state index in [0.29, 0.717) is 5.84 Å². The number of aliphatic imine (C=N–C) groups is 1. The molecule has 1 aromatic rings. The van der Waals surface area contributed by atoms with Crippen LogP contribution in [-0.4, -0.2) is 10.8 Å². The van der Waals surface area contributed by atoms with Gasteiger partial charge in [0.1, 0.15) is 0 Å². The first-order chi connectivity index (χ1) is 6.86. The zero-order chi connectivity index (χ0) is 9.80. The van der Waals surface area contributed by atoms with Crippen molar-refractivity contribution in [1.29, 1.82) is 0 Å². The summed E-state index contributed by atoms with van der Waals surface area (Å²) in [5.74, 6) is 0.708. The van der Waals surface area contributed by atoms with Gasteiger partial charge < -0.3 is 5.73 Å². The summed E-state index contributed by atoms with van der Waals surface area (Å²) in [4.78, 5) is 8.59. The zero-order valence-corrected chi connectivity index (χ0v) is 7.98. The average molecular weight is 187 g/mol. The van der Waals surface area contributed by atoms with E-state index in [2.05, 4.69) is 16.1 Å². The lowest BCUT2D eigenvalue weighted by atomic mass is 10.2. The number of hydrogen-bond acceptors (Lipinski definition) is 3. The minimum Gasteiger partial charge on any atom is -0.387 e. The fourth-order valence-electron chi connectivity index (χ4n) is 1.45. The van der Waals surface area contributed by atoms with Gasteiger partial charge in [-0.25, -0.2) is 4.99 Å². The fraction of sp³-hybridized carbons (Fsp3) is 0.273. The first-order valence-corrected chi connectivity index (χ1v) is 4.81. The van der Waals surface area contributed by atoms with Crippen LogP contribution >= 0.6 is 0 Å². The van der Waals surface area contributed by atoms with E-state index in [1.807, 2.05) is 18.2 Å². The molecule has 1 aliphatic rings. The molecule has 0 bridgehead atoms. The van der Waals surface area contributed by atoms with E-state index in [1.54, 1.807) is 6.20 Å². The van der Waals surface area contributed by atoms with Crippen molar-refractivity contribution in [3.63, 3.8) is 0 Å². The molecule has 2 N–H and O–H groups in total. The molecule has 0 radical (unpaired) electrons. The number of amidine groups is 1. The average Bonchev–Trinajstić information content (AvgIpc) is 2.44. The Hall–Kier alpha value is -1.64. The summed E-state index contributed by atoms with van der Waals surface area (Å²) in [6.07, 6.45) is 6.85. The van der Waals surface area contributed by atoms with E-state index >= 15 is 0 Å². The van der Waals surface area contributed by atoms with Gasteiger partial charge in [-0.3, -0.25) is 4.98 Å². The Morgan fingerprint density at radius 2 is 2.21 bits per heavy atom. The Morgan fingerprint density at radius 1 is 1.29 bits per heavy atom. The number of nitrogens with zero attached hydrogens (tertiary/aromatic N) is 2. The summed E-state index contributed by atoms with van der Waals surface area (Å²) in [6.45, 7) is 0. The molecule has 3 heteroatoms. The number of aromatic nitrogens is 1. The van der Waals surface area contributed by atoms with Gasteiger partial charge in [0.25, 0.3) is 0 Å². The maximum absolute atomic E-state index is 5.74. The van der Waals surface area contributed by atoms with Crippen LogP contribution in [0.1, 0.15) is 25.0 Å². The minimum absolute atomic E-state index is 0.708. The first kappa shape index (κ1) is 8.94. The fourth-order valence-corrected chi connectivity index (χ4v) is 1.45. The predicted octanol–water partition coefficient (Wildman–Crippen LogP) is 1.96. The highest BCUT2D eigenvalue weighted by Crippen LogP contribution is 2.18. The third-order valence-corrected chi connectivity index (χ3v) is 2.17. The molecule has 14 heavy (non-hydrogen) atoms. The van der Waals surface area contributed by atoms with Gasteiger partial charge in [-0.05, 0) is 25.0 Å². The van der Waals surface area contributed by atoms with Gasteiger partial charge in [-0.1, -0.05) is 12.1 Å². The summed E-state index contributed by atoms with van der Waals surface area (Å²) >= 11 is 0. The lowest BCUT2D eigenvalue weighted by Gasteiger charge is -1.99. The van der Waals surface area contributed by atoms with Gasteiger partial charge in [0, 0.05) is 12.6 Å². The van der Waals surface area contributed by atoms with E-state index in [9.17, 15) is 0 Å². The van der Waals surface area contributed by atoms with Crippen molar-refractivity contribution >= 4 is 11.5 Å². The second-order valence-corrected chi connectivity index (χ2v) is 3.30. The highest BCUT2D eigenvalue weighted by Gasteiger charge is 2.05. The van der Waals surface area contributed by atoms with E-state index < -0.39 is 0 Å². The third-order valence-electron chi connectivity index (χ3n) is 2.17. The lowest BCUT2D eigenvalue weighted by Crippen LogP contribution is -2.10. The van der Waals surface area contributed by atoms with Crippen LogP contribution in [0.5, 0.6) is 0 Å². The monoisotopic (exact) mass is 187 g/mol. The van der Waals surface area contributed by atoms with Crippen molar-refractivity contribution in [1.82, 2.24) is 4.98 Å². The zero-order valence-electron chi connectivity index (χ0n) is 7.98. The molecule has 2 rings (SSSR count). The number of rotatable bonds is 1. The molecule has 0 saturated heterocycles. The summed E-state index contributed by atoms with van der Waals surface area (Å²) in [7, 11) is 0. The molecule has 0 unspecified atom stereocenters. The largest absolute Gasteiger partial charge is 0.387 e. The highest BCUT2D eigenvalue weighted by atomic mass is 14.9. The van der Waals surface area contributed by atoms with E-state index in [-0.39, 0.29) is 0 Å². The van der Waals surface area contributed by atoms with Crippen LogP contribution in [0.15, 0.2) is 35.5 Å². The van der Waals surface area contributed by atoms with Crippen LogP contribution < -0.4 is 5.73 Å². The van der Waals surface area contributed by atoms with Gasteiger partial charge in [-0.15, -0.1) is 0 Å². The number of nitrogens with two attached hydrogens (primary N) is 1. The topological polar surface area (TPSA) is 51.3 Å². The van der Waals surface area contributed by atoms with Crippen molar-refractivity contribution in [2.24, 2.45) is 10.7 Å². The van der Waals surface area contributed by atoms with Crippen molar-refractivity contribution < 1.29 is 0 Å². The van der Waals surface area contributed by atoms with Crippen molar-refractivity contribution in [2.75, 3.05) is 0 Å². The Kier molecular flexibility index (Phi) is 2.58. The third kappa shape index (κ3) is 1.99. The highest BCUT2D eigenvalue weighted by molar-refractivity contribution is 5.86. The minimum atomic E-state index is 0.708. The second-order valence-electron chi connectivity index (χ2n) is 3.30. The molecule has 2 heterocycles. The van der Waals surface area contributed by atoms with Gasteiger partial charge in [-0.2, -0.15) is 0 Å². The second kappa shape index (κ2) is 4.05. The summed E-state index contributed by atoms with van der Waals surface area (Å²) in [6, 6.07) is 5.81. The van der Waals surface area contributed by atoms with Crippen LogP contribution in [-0.2, 0) is 0 Å². The molecule has 0 spiro atoms. The smallest absolute Gasteiger partial charge is 0.0997 e. The normalized spacial score (nSPS) is 16.9. The maximum atomic E-state index is 5.74. The molecule has 72 valence electrons. The van der Waals surface area contributed by atoms with Crippen molar-refractivity contribution in [3.8, 4) is 0 Å². The molecule has 0 fully saturated rings. The van der Waals surface area contributed by atoms with Crippen LogP contribution in [0.25, 0.3) is 5.70 Å². The molecule has 0 aliphatic carbocycles. The van der Waals surface area contributed by atoms with Gasteiger partial charge in [0.05, 0.1) is 17.2 Å². The molecule has 0 saturated carbocycles. The summed E-state index contributed by atoms with van der Waals surface area (Å²) in [5.41, 5.74) is 7.55. The van der Waals surface area contributed by atoms with Crippen LogP contribution in [0, 0.1) is 0 Å². The number of hydrogen-bond donors (Lipinski definition) is 1. The number of allylic oxidation sites excluding steroid dienone is 1. The molecular formula is C11H13N3. The maximum Gasteiger partial charge on any atom is 0.0997 e. The Labute approximate surface area is 83.4 Å². The van der Waals surface area contributed by atoms with E-state index in [4.69, 9.17) is 5.73 Å². The standard InChI is InChI=1S/C11H13N3/c12-11-7-2-1-6-10(14-11)9-5-3-4-8-13-9/h3-6,8H,1-2,7H2,(H2,12,14). The first-order valence-electron chi connectivity index (χ1n) is 4.81. The van der Waals surface area contributed by atoms with Crippen molar-refractivity contribution in [2.45, 2.75) is 19.3 Å². The molecule has 1 aromatic heterocycles. The van der Waals surface area contributed by atoms with Crippen LogP contribution in [0.2, 0.25) is 0 Å². The molecule has 1 aliphatic heterocycles. The molecule has 0 amide bonds. The van der Waals surface area contributed by atoms with E-state index in [0.717, 1.165) is 30.7 Å². The molecule has 3 nitrogen and oxygen atoms in total. The van der Waals surface area contributed by atoms with Gasteiger partial charge in [0.15, 0.2) is 0 Å². The molecule has 0 atom stereocenters. The van der Waals surface area contributed by atoms with Gasteiger partial charge in [0.2, 0.25) is 0 Å². The SMILES string of the molecule is NC1=NC(c2ccccn2)=CCCC1. The summed E-state index contributed by atoms with van der Waals surface area (Å²) < 4.78 is 0. The van der Waals surface area contributed by atoms with Gasteiger partial charge >= 0.3 is 0 Å². The Balaban J connectivity index is 2.33. The quantitative estimate of drug-likeness (QED) is 0.730. The number of pyridine rings is 1. The van der Waals surface area contributed by atoms with Crippen LogP contribution in [0.3, 0.4) is 0 Å². The predicted molar refractivity (Wildman–Crippen MR) is 57.7 cm³/mol. The Bertz CT molecular complexity index is 365. The van der Waals surface area contributed by atoms with Crippen molar-refractivity contribution in [3.05, 3.63) is 36.2 Å². The summed E-state index contributed by atoms with van der Waals surface area (Å²) in [5, 5.41) is 0.